The largest absolute Gasteiger partial charge is 0.380 e. The normalized spacial score (nSPS) is 18.5. The van der Waals surface area contributed by atoms with E-state index in [1.165, 1.54) is 0 Å². The van der Waals surface area contributed by atoms with Crippen LogP contribution in [0.1, 0.15) is 6.42 Å². The third kappa shape index (κ3) is 2.40. The van der Waals surface area contributed by atoms with Crippen molar-refractivity contribution in [1.82, 2.24) is 24.7 Å². The van der Waals surface area contributed by atoms with E-state index in [2.05, 4.69) is 25.5 Å². The lowest BCUT2D eigenvalue weighted by Crippen LogP contribution is -2.26. The number of hydrazine groups is 1. The van der Waals surface area contributed by atoms with Crippen LogP contribution in [0.15, 0.2) is 18.5 Å². The van der Waals surface area contributed by atoms with Crippen LogP contribution in [0.5, 0.6) is 0 Å². The van der Waals surface area contributed by atoms with Gasteiger partial charge in [-0.1, -0.05) is 0 Å². The summed E-state index contributed by atoms with van der Waals surface area (Å²) in [4.78, 5) is 14.9. The summed E-state index contributed by atoms with van der Waals surface area (Å²) in [5.41, 5.74) is 2.46. The van der Waals surface area contributed by atoms with Gasteiger partial charge in [0.15, 0.2) is 0 Å². The van der Waals surface area contributed by atoms with Gasteiger partial charge < -0.3 is 9.64 Å². The van der Waals surface area contributed by atoms with Crippen molar-refractivity contribution in [2.24, 2.45) is 5.84 Å². The van der Waals surface area contributed by atoms with Crippen LogP contribution in [0, 0.1) is 0 Å². The Morgan fingerprint density at radius 1 is 1.35 bits per heavy atom. The van der Waals surface area contributed by atoms with Gasteiger partial charge in [0.25, 0.3) is 5.95 Å². The molecule has 0 bridgehead atoms. The SMILES string of the molecule is COC1CCN(c2nc(NN)nc(-n3cccn3)n2)C1. The molecular weight excluding hydrogens is 260 g/mol. The number of aromatic nitrogens is 5. The molecule has 1 aliphatic heterocycles. The lowest BCUT2D eigenvalue weighted by atomic mass is 10.3. The van der Waals surface area contributed by atoms with Gasteiger partial charge in [-0.05, 0) is 12.5 Å². The van der Waals surface area contributed by atoms with Crippen LogP contribution < -0.4 is 16.2 Å². The van der Waals surface area contributed by atoms with E-state index in [0.29, 0.717) is 17.8 Å². The van der Waals surface area contributed by atoms with Crippen LogP contribution >= 0.6 is 0 Å². The van der Waals surface area contributed by atoms with Crippen LogP contribution in [0.2, 0.25) is 0 Å². The summed E-state index contributed by atoms with van der Waals surface area (Å²) in [7, 11) is 1.71. The fourth-order valence-electron chi connectivity index (χ4n) is 2.15. The number of nitrogen functional groups attached to an aromatic ring is 1. The minimum atomic E-state index is 0.203. The number of methoxy groups -OCH3 is 1. The summed E-state index contributed by atoms with van der Waals surface area (Å²) < 4.78 is 6.92. The van der Waals surface area contributed by atoms with Crippen LogP contribution in [0.3, 0.4) is 0 Å². The molecular formula is C11H16N8O. The molecule has 0 radical (unpaired) electrons. The molecule has 2 aromatic heterocycles. The molecule has 3 rings (SSSR count). The number of hydrogen-bond acceptors (Lipinski definition) is 8. The van der Waals surface area contributed by atoms with Gasteiger partial charge in [0.05, 0.1) is 6.10 Å². The highest BCUT2D eigenvalue weighted by molar-refractivity contribution is 5.40. The van der Waals surface area contributed by atoms with E-state index in [-0.39, 0.29) is 6.10 Å². The molecule has 1 fully saturated rings. The first-order chi connectivity index (χ1) is 9.80. The third-order valence-corrected chi connectivity index (χ3v) is 3.21. The van der Waals surface area contributed by atoms with Crippen LogP contribution in [0.25, 0.3) is 5.95 Å². The minimum absolute atomic E-state index is 0.203. The first-order valence-electron chi connectivity index (χ1n) is 6.30. The summed E-state index contributed by atoms with van der Waals surface area (Å²) in [5.74, 6) is 6.72. The van der Waals surface area contributed by atoms with E-state index >= 15 is 0 Å². The zero-order valence-corrected chi connectivity index (χ0v) is 11.1. The summed E-state index contributed by atoms with van der Waals surface area (Å²) in [6, 6.07) is 1.80. The van der Waals surface area contributed by atoms with Gasteiger partial charge >= 0.3 is 0 Å². The first-order valence-corrected chi connectivity index (χ1v) is 6.30. The Bertz CT molecular complexity index is 572. The Kier molecular flexibility index (Phi) is 3.44. The molecule has 1 saturated heterocycles. The van der Waals surface area contributed by atoms with Gasteiger partial charge in [-0.3, -0.25) is 5.43 Å². The van der Waals surface area contributed by atoms with Crippen LogP contribution in [-0.4, -0.2) is 51.0 Å². The fourth-order valence-corrected chi connectivity index (χ4v) is 2.15. The van der Waals surface area contributed by atoms with E-state index in [4.69, 9.17) is 10.6 Å². The molecule has 0 spiro atoms. The fraction of sp³-hybridized carbons (Fsp3) is 0.455. The van der Waals surface area contributed by atoms with Crippen molar-refractivity contribution in [3.63, 3.8) is 0 Å². The third-order valence-electron chi connectivity index (χ3n) is 3.21. The van der Waals surface area contributed by atoms with Gasteiger partial charge in [0, 0.05) is 32.6 Å². The van der Waals surface area contributed by atoms with Crippen molar-refractivity contribution in [3.05, 3.63) is 18.5 Å². The number of nitrogens with zero attached hydrogens (tertiary/aromatic N) is 6. The van der Waals surface area contributed by atoms with Gasteiger partial charge in [-0.2, -0.15) is 20.1 Å². The lowest BCUT2D eigenvalue weighted by Gasteiger charge is -2.17. The first kappa shape index (κ1) is 12.8. The molecule has 1 unspecified atom stereocenters. The highest BCUT2D eigenvalue weighted by Gasteiger charge is 2.25. The molecule has 9 heteroatoms. The van der Waals surface area contributed by atoms with Gasteiger partial charge in [-0.15, -0.1) is 0 Å². The standard InChI is InChI=1S/C11H16N8O/c1-20-8-3-6-18(7-8)10-14-9(17-12)15-11(16-10)19-5-2-4-13-19/h2,4-5,8H,3,6-7,12H2,1H3,(H,14,15,16,17). The predicted molar refractivity (Wildman–Crippen MR) is 72.4 cm³/mol. The summed E-state index contributed by atoms with van der Waals surface area (Å²) in [6.45, 7) is 1.59. The molecule has 1 atom stereocenters. The zero-order valence-electron chi connectivity index (χ0n) is 11.1. The van der Waals surface area contributed by atoms with Crippen molar-refractivity contribution in [1.29, 1.82) is 0 Å². The van der Waals surface area contributed by atoms with Crippen molar-refractivity contribution >= 4 is 11.9 Å². The van der Waals surface area contributed by atoms with Crippen molar-refractivity contribution in [2.75, 3.05) is 30.5 Å². The monoisotopic (exact) mass is 276 g/mol. The molecule has 3 N–H and O–H groups in total. The van der Waals surface area contributed by atoms with Gasteiger partial charge in [0.1, 0.15) is 0 Å². The number of nitrogens with one attached hydrogen (secondary N) is 1. The molecule has 0 amide bonds. The Balaban J connectivity index is 1.93. The number of nitrogens with two attached hydrogens (primary N) is 1. The maximum absolute atomic E-state index is 5.42. The van der Waals surface area contributed by atoms with Crippen molar-refractivity contribution < 1.29 is 4.74 Å². The number of hydrogen-bond donors (Lipinski definition) is 2. The van der Waals surface area contributed by atoms with E-state index in [9.17, 15) is 0 Å². The summed E-state index contributed by atoms with van der Waals surface area (Å²) in [6.07, 6.45) is 4.58. The molecule has 106 valence electrons. The zero-order chi connectivity index (χ0) is 13.9. The highest BCUT2D eigenvalue weighted by atomic mass is 16.5. The Labute approximate surface area is 115 Å². The van der Waals surface area contributed by atoms with E-state index < -0.39 is 0 Å². The quantitative estimate of drug-likeness (QED) is 0.572. The average molecular weight is 276 g/mol. The maximum Gasteiger partial charge on any atom is 0.257 e. The number of anilines is 2. The second kappa shape index (κ2) is 5.39. The minimum Gasteiger partial charge on any atom is -0.380 e. The van der Waals surface area contributed by atoms with Gasteiger partial charge in [-0.25, -0.2) is 10.5 Å². The van der Waals surface area contributed by atoms with Crippen molar-refractivity contribution in [2.45, 2.75) is 12.5 Å². The van der Waals surface area contributed by atoms with Crippen LogP contribution in [-0.2, 0) is 4.74 Å². The lowest BCUT2D eigenvalue weighted by molar-refractivity contribution is 0.121. The van der Waals surface area contributed by atoms with Crippen LogP contribution in [0.4, 0.5) is 11.9 Å². The smallest absolute Gasteiger partial charge is 0.257 e. The Hall–Kier alpha value is -2.26. The predicted octanol–water partition coefficient (Wildman–Crippen LogP) is -0.432. The number of ether oxygens (including phenoxy) is 1. The highest BCUT2D eigenvalue weighted by Crippen LogP contribution is 2.19. The number of rotatable bonds is 4. The average Bonchev–Trinajstić information content (AvgIpc) is 3.17. The molecule has 3 heterocycles. The summed E-state index contributed by atoms with van der Waals surface area (Å²) >= 11 is 0. The Morgan fingerprint density at radius 2 is 2.20 bits per heavy atom. The Morgan fingerprint density at radius 3 is 2.85 bits per heavy atom. The van der Waals surface area contributed by atoms with E-state index in [1.54, 1.807) is 30.3 Å². The summed E-state index contributed by atoms with van der Waals surface area (Å²) in [5, 5.41) is 4.11. The second-order valence-corrected chi connectivity index (χ2v) is 4.45. The van der Waals surface area contributed by atoms with Gasteiger partial charge in [0.2, 0.25) is 11.9 Å². The molecule has 1 aliphatic rings. The van der Waals surface area contributed by atoms with E-state index in [0.717, 1.165) is 19.5 Å². The topological polar surface area (TPSA) is 107 Å². The van der Waals surface area contributed by atoms with Crippen molar-refractivity contribution in [3.8, 4) is 5.95 Å². The molecule has 0 aliphatic carbocycles. The molecule has 9 nitrogen and oxygen atoms in total. The second-order valence-electron chi connectivity index (χ2n) is 4.45. The van der Waals surface area contributed by atoms with E-state index in [1.807, 2.05) is 4.90 Å². The molecule has 0 aromatic carbocycles. The molecule has 20 heavy (non-hydrogen) atoms. The molecule has 0 saturated carbocycles. The maximum atomic E-state index is 5.42. The molecule has 2 aromatic rings.